The molecule has 0 saturated heterocycles. The molecule has 1 N–H and O–H groups in total. The molecule has 6 heteroatoms. The Bertz CT molecular complexity index is 593. The van der Waals surface area contributed by atoms with E-state index in [-0.39, 0.29) is 5.69 Å². The van der Waals surface area contributed by atoms with Gasteiger partial charge in [-0.05, 0) is 25.1 Å². The van der Waals surface area contributed by atoms with Crippen LogP contribution in [-0.2, 0) is 0 Å². The van der Waals surface area contributed by atoms with E-state index in [0.29, 0.717) is 21.4 Å². The molecule has 0 bridgehead atoms. The van der Waals surface area contributed by atoms with E-state index in [0.717, 1.165) is 0 Å². The van der Waals surface area contributed by atoms with Crippen LogP contribution in [0.25, 0.3) is 5.69 Å². The Hall–Kier alpha value is -1.52. The lowest BCUT2D eigenvalue weighted by Gasteiger charge is -2.08. The minimum absolute atomic E-state index is 0.0779. The van der Waals surface area contributed by atoms with Gasteiger partial charge in [-0.3, -0.25) is 4.57 Å². The fourth-order valence-electron chi connectivity index (χ4n) is 1.55. The van der Waals surface area contributed by atoms with Crippen LogP contribution in [0.15, 0.2) is 24.5 Å². The highest BCUT2D eigenvalue weighted by molar-refractivity contribution is 6.34. The molecule has 0 unspecified atom stereocenters. The zero-order chi connectivity index (χ0) is 12.6. The number of aromatic carboxylic acids is 1. The Morgan fingerprint density at radius 2 is 2.12 bits per heavy atom. The predicted molar refractivity (Wildman–Crippen MR) is 65.3 cm³/mol. The summed E-state index contributed by atoms with van der Waals surface area (Å²) in [6, 6.07) is 4.84. The predicted octanol–water partition coefficient (Wildman–Crippen LogP) is 3.19. The summed E-state index contributed by atoms with van der Waals surface area (Å²) in [5, 5.41) is 10.0. The normalized spacial score (nSPS) is 10.5. The van der Waals surface area contributed by atoms with E-state index >= 15 is 0 Å². The number of imidazole rings is 1. The second-order valence-electron chi connectivity index (χ2n) is 3.45. The van der Waals surface area contributed by atoms with Gasteiger partial charge in [0.1, 0.15) is 6.33 Å². The molecule has 2 rings (SSSR count). The summed E-state index contributed by atoms with van der Waals surface area (Å²) >= 11 is 11.9. The highest BCUT2D eigenvalue weighted by Gasteiger charge is 2.17. The van der Waals surface area contributed by atoms with Crippen LogP contribution in [0, 0.1) is 6.92 Å². The molecule has 0 amide bonds. The molecule has 17 heavy (non-hydrogen) atoms. The van der Waals surface area contributed by atoms with E-state index < -0.39 is 5.97 Å². The van der Waals surface area contributed by atoms with Crippen LogP contribution in [0.5, 0.6) is 0 Å². The van der Waals surface area contributed by atoms with Crippen molar-refractivity contribution < 1.29 is 9.90 Å². The Labute approximate surface area is 107 Å². The molecule has 0 spiro atoms. The third-order valence-corrected chi connectivity index (χ3v) is 2.88. The first kappa shape index (κ1) is 12.0. The number of benzene rings is 1. The highest BCUT2D eigenvalue weighted by atomic mass is 35.5. The van der Waals surface area contributed by atoms with Crippen molar-refractivity contribution in [3.8, 4) is 5.69 Å². The standard InChI is InChI=1S/C11H8Cl2N2O2/c1-6-10(11(16)17)15(5-14-6)9-4-7(12)2-3-8(9)13/h2-5H,1H3,(H,16,17). The van der Waals surface area contributed by atoms with Gasteiger partial charge in [-0.2, -0.15) is 0 Å². The van der Waals surface area contributed by atoms with Gasteiger partial charge in [0, 0.05) is 5.02 Å². The van der Waals surface area contributed by atoms with Crippen molar-refractivity contribution >= 4 is 29.2 Å². The molecule has 88 valence electrons. The summed E-state index contributed by atoms with van der Waals surface area (Å²) in [5.41, 5.74) is 1.000. The number of hydrogen-bond acceptors (Lipinski definition) is 2. The number of carboxylic acids is 1. The van der Waals surface area contributed by atoms with Crippen LogP contribution in [-0.4, -0.2) is 20.6 Å². The topological polar surface area (TPSA) is 55.1 Å². The monoisotopic (exact) mass is 270 g/mol. The van der Waals surface area contributed by atoms with Gasteiger partial charge < -0.3 is 5.11 Å². The summed E-state index contributed by atoms with van der Waals surface area (Å²) in [5.74, 6) is -1.06. The molecule has 4 nitrogen and oxygen atoms in total. The zero-order valence-electron chi connectivity index (χ0n) is 8.82. The molecule has 0 atom stereocenters. The average molecular weight is 271 g/mol. The van der Waals surface area contributed by atoms with Gasteiger partial charge >= 0.3 is 5.97 Å². The van der Waals surface area contributed by atoms with Crippen LogP contribution < -0.4 is 0 Å². The number of rotatable bonds is 2. The molecule has 0 aliphatic heterocycles. The number of nitrogens with zero attached hydrogens (tertiary/aromatic N) is 2. The van der Waals surface area contributed by atoms with Crippen molar-refractivity contribution in [2.45, 2.75) is 6.92 Å². The first-order valence-electron chi connectivity index (χ1n) is 4.73. The lowest BCUT2D eigenvalue weighted by molar-refractivity contribution is 0.0687. The van der Waals surface area contributed by atoms with Crippen molar-refractivity contribution in [3.05, 3.63) is 46.0 Å². The maximum Gasteiger partial charge on any atom is 0.354 e. The first-order chi connectivity index (χ1) is 8.00. The maximum atomic E-state index is 11.1. The van der Waals surface area contributed by atoms with E-state index in [1.165, 1.54) is 10.9 Å². The summed E-state index contributed by atoms with van der Waals surface area (Å²) in [6.45, 7) is 1.62. The quantitative estimate of drug-likeness (QED) is 0.912. The molecule has 1 aromatic carbocycles. The Morgan fingerprint density at radius 1 is 1.41 bits per heavy atom. The highest BCUT2D eigenvalue weighted by Crippen LogP contribution is 2.26. The fraction of sp³-hybridized carbons (Fsp3) is 0.0909. The SMILES string of the molecule is Cc1ncn(-c2cc(Cl)ccc2Cl)c1C(=O)O. The lowest BCUT2D eigenvalue weighted by atomic mass is 10.3. The van der Waals surface area contributed by atoms with E-state index in [2.05, 4.69) is 4.98 Å². The molecule has 0 aliphatic carbocycles. The van der Waals surface area contributed by atoms with Crippen molar-refractivity contribution in [2.75, 3.05) is 0 Å². The maximum absolute atomic E-state index is 11.1. The summed E-state index contributed by atoms with van der Waals surface area (Å²) in [7, 11) is 0. The third-order valence-electron chi connectivity index (χ3n) is 2.32. The van der Waals surface area contributed by atoms with E-state index in [1.54, 1.807) is 25.1 Å². The van der Waals surface area contributed by atoms with Crippen LogP contribution >= 0.6 is 23.2 Å². The largest absolute Gasteiger partial charge is 0.477 e. The van der Waals surface area contributed by atoms with Gasteiger partial charge in [-0.25, -0.2) is 9.78 Å². The third kappa shape index (κ3) is 2.14. The molecular weight excluding hydrogens is 263 g/mol. The summed E-state index contributed by atoms with van der Waals surface area (Å²) in [4.78, 5) is 15.1. The number of aromatic nitrogens is 2. The van der Waals surface area contributed by atoms with E-state index in [9.17, 15) is 4.79 Å². The van der Waals surface area contributed by atoms with Gasteiger partial charge in [-0.1, -0.05) is 23.2 Å². The van der Waals surface area contributed by atoms with Gasteiger partial charge in [0.15, 0.2) is 5.69 Å². The average Bonchev–Trinajstić information content (AvgIpc) is 2.64. The molecule has 0 radical (unpaired) electrons. The zero-order valence-corrected chi connectivity index (χ0v) is 10.3. The van der Waals surface area contributed by atoms with Crippen molar-refractivity contribution in [2.24, 2.45) is 0 Å². The van der Waals surface area contributed by atoms with Crippen LogP contribution in [0.3, 0.4) is 0 Å². The molecule has 0 fully saturated rings. The Kier molecular flexibility index (Phi) is 3.09. The van der Waals surface area contributed by atoms with Crippen molar-refractivity contribution in [1.29, 1.82) is 0 Å². The Morgan fingerprint density at radius 3 is 2.76 bits per heavy atom. The van der Waals surface area contributed by atoms with Gasteiger partial charge in [0.25, 0.3) is 0 Å². The van der Waals surface area contributed by atoms with E-state index in [4.69, 9.17) is 28.3 Å². The second kappa shape index (κ2) is 4.39. The fourth-order valence-corrected chi connectivity index (χ4v) is 1.92. The van der Waals surface area contributed by atoms with Crippen molar-refractivity contribution in [3.63, 3.8) is 0 Å². The Balaban J connectivity index is 2.68. The molecule has 2 aromatic rings. The van der Waals surface area contributed by atoms with Crippen LogP contribution in [0.1, 0.15) is 16.2 Å². The smallest absolute Gasteiger partial charge is 0.354 e. The van der Waals surface area contributed by atoms with Gasteiger partial charge in [-0.15, -0.1) is 0 Å². The lowest BCUT2D eigenvalue weighted by Crippen LogP contribution is -2.07. The molecule has 0 saturated carbocycles. The molecule has 1 aromatic heterocycles. The van der Waals surface area contributed by atoms with Gasteiger partial charge in [0.2, 0.25) is 0 Å². The van der Waals surface area contributed by atoms with E-state index in [1.807, 2.05) is 0 Å². The molecule has 0 aliphatic rings. The number of hydrogen-bond donors (Lipinski definition) is 1. The summed E-state index contributed by atoms with van der Waals surface area (Å²) in [6.07, 6.45) is 1.41. The number of carboxylic acid groups (broad SMARTS) is 1. The minimum Gasteiger partial charge on any atom is -0.477 e. The summed E-state index contributed by atoms with van der Waals surface area (Å²) < 4.78 is 1.41. The first-order valence-corrected chi connectivity index (χ1v) is 5.49. The van der Waals surface area contributed by atoms with Gasteiger partial charge in [0.05, 0.1) is 16.4 Å². The van der Waals surface area contributed by atoms with Crippen LogP contribution in [0.2, 0.25) is 10.0 Å². The molecule has 1 heterocycles. The number of aryl methyl sites for hydroxylation is 1. The minimum atomic E-state index is -1.06. The molecular formula is C11H8Cl2N2O2. The number of halogens is 2. The number of carbonyl (C=O) groups is 1. The van der Waals surface area contributed by atoms with Crippen LogP contribution in [0.4, 0.5) is 0 Å². The second-order valence-corrected chi connectivity index (χ2v) is 4.29. The van der Waals surface area contributed by atoms with Crippen molar-refractivity contribution in [1.82, 2.24) is 9.55 Å².